The van der Waals surface area contributed by atoms with Crippen molar-refractivity contribution in [3.05, 3.63) is 29.8 Å². The summed E-state index contributed by atoms with van der Waals surface area (Å²) in [6, 6.07) is 7.32. The average molecular weight is 301 g/mol. The minimum absolute atomic E-state index is 0.0511. The zero-order chi connectivity index (χ0) is 14.3. The van der Waals surface area contributed by atoms with Crippen molar-refractivity contribution >= 4 is 27.0 Å². The fraction of sp³-hybridized carbons (Fsp3) is 0.462. The number of nitrogens with two attached hydrogens (primary N) is 1. The quantitative estimate of drug-likeness (QED) is 0.740. The van der Waals surface area contributed by atoms with E-state index in [0.29, 0.717) is 23.6 Å². The van der Waals surface area contributed by atoms with Crippen molar-refractivity contribution < 1.29 is 13.2 Å². The Hall–Kier alpha value is -1.14. The minimum atomic E-state index is -2.98. The SMILES string of the molecule is CCCS(=O)(=O)CCOc1ccc(CC(N)=S)cc1. The maximum atomic E-state index is 11.5. The first-order valence-electron chi connectivity index (χ1n) is 6.13. The number of rotatable bonds is 8. The van der Waals surface area contributed by atoms with Gasteiger partial charge in [0.25, 0.3) is 0 Å². The lowest BCUT2D eigenvalue weighted by Crippen LogP contribution is -2.16. The summed E-state index contributed by atoms with van der Waals surface area (Å²) in [6.07, 6.45) is 1.19. The molecule has 1 aromatic carbocycles. The molecular weight excluding hydrogens is 282 g/mol. The molecule has 106 valence electrons. The Labute approximate surface area is 119 Å². The second-order valence-corrected chi connectivity index (χ2v) is 7.12. The fourth-order valence-corrected chi connectivity index (χ4v) is 2.93. The molecule has 0 bridgehead atoms. The lowest BCUT2D eigenvalue weighted by molar-refractivity contribution is 0.341. The second-order valence-electron chi connectivity index (χ2n) is 4.29. The van der Waals surface area contributed by atoms with Gasteiger partial charge in [-0.15, -0.1) is 0 Å². The maximum absolute atomic E-state index is 11.5. The van der Waals surface area contributed by atoms with Gasteiger partial charge in [0.05, 0.1) is 16.5 Å². The minimum Gasteiger partial charge on any atom is -0.493 e. The number of sulfone groups is 1. The molecule has 19 heavy (non-hydrogen) atoms. The topological polar surface area (TPSA) is 69.4 Å². The highest BCUT2D eigenvalue weighted by Gasteiger charge is 2.09. The van der Waals surface area contributed by atoms with Gasteiger partial charge in [-0.1, -0.05) is 31.3 Å². The Kier molecular flexibility index (Phi) is 6.24. The van der Waals surface area contributed by atoms with E-state index in [0.717, 1.165) is 5.56 Å². The van der Waals surface area contributed by atoms with Crippen LogP contribution in [0.3, 0.4) is 0 Å². The average Bonchev–Trinajstić information content (AvgIpc) is 2.30. The highest BCUT2D eigenvalue weighted by atomic mass is 32.2. The van der Waals surface area contributed by atoms with Crippen LogP contribution in [0.25, 0.3) is 0 Å². The standard InChI is InChI=1S/C13H19NO3S2/c1-2-8-19(15,16)9-7-17-12-5-3-11(4-6-12)10-13(14)18/h3-6H,2,7-10H2,1H3,(H2,14,18). The molecule has 0 radical (unpaired) electrons. The van der Waals surface area contributed by atoms with Crippen LogP contribution in [-0.4, -0.2) is 31.5 Å². The molecule has 4 nitrogen and oxygen atoms in total. The van der Waals surface area contributed by atoms with Gasteiger partial charge in [-0.05, 0) is 24.1 Å². The molecule has 1 rings (SSSR count). The summed E-state index contributed by atoms with van der Waals surface area (Å²) in [4.78, 5) is 0.444. The van der Waals surface area contributed by atoms with Gasteiger partial charge in [-0.25, -0.2) is 8.42 Å². The highest BCUT2D eigenvalue weighted by molar-refractivity contribution is 7.91. The summed E-state index contributed by atoms with van der Waals surface area (Å²) in [5.41, 5.74) is 6.47. The van der Waals surface area contributed by atoms with Crippen molar-refractivity contribution in [1.29, 1.82) is 0 Å². The third-order valence-electron chi connectivity index (χ3n) is 2.48. The zero-order valence-electron chi connectivity index (χ0n) is 11.0. The van der Waals surface area contributed by atoms with Crippen LogP contribution >= 0.6 is 12.2 Å². The highest BCUT2D eigenvalue weighted by Crippen LogP contribution is 2.12. The third kappa shape index (κ3) is 6.54. The Morgan fingerprint density at radius 1 is 1.26 bits per heavy atom. The van der Waals surface area contributed by atoms with Crippen molar-refractivity contribution in [2.75, 3.05) is 18.1 Å². The summed E-state index contributed by atoms with van der Waals surface area (Å²) in [7, 11) is -2.98. The van der Waals surface area contributed by atoms with Gasteiger partial charge >= 0.3 is 0 Å². The van der Waals surface area contributed by atoms with Crippen LogP contribution in [0.1, 0.15) is 18.9 Å². The molecule has 0 spiro atoms. The van der Waals surface area contributed by atoms with Gasteiger partial charge in [0.15, 0.2) is 9.84 Å². The lowest BCUT2D eigenvalue weighted by Gasteiger charge is -2.07. The van der Waals surface area contributed by atoms with E-state index < -0.39 is 9.84 Å². The van der Waals surface area contributed by atoms with Crippen LogP contribution in [0.5, 0.6) is 5.75 Å². The predicted octanol–water partition coefficient (Wildman–Crippen LogP) is 1.72. The Balaban J connectivity index is 2.44. The van der Waals surface area contributed by atoms with E-state index in [1.807, 2.05) is 19.1 Å². The maximum Gasteiger partial charge on any atom is 0.153 e. The van der Waals surface area contributed by atoms with Gasteiger partial charge in [-0.2, -0.15) is 0 Å². The molecule has 0 aromatic heterocycles. The summed E-state index contributed by atoms with van der Waals surface area (Å²) >= 11 is 4.83. The third-order valence-corrected chi connectivity index (χ3v) is 4.44. The van der Waals surface area contributed by atoms with E-state index in [9.17, 15) is 8.42 Å². The van der Waals surface area contributed by atoms with E-state index in [1.54, 1.807) is 12.1 Å². The number of hydrogen-bond donors (Lipinski definition) is 1. The molecule has 0 fully saturated rings. The molecule has 0 saturated carbocycles. The second kappa shape index (κ2) is 7.45. The van der Waals surface area contributed by atoms with Crippen LogP contribution in [0.2, 0.25) is 0 Å². The van der Waals surface area contributed by atoms with E-state index in [-0.39, 0.29) is 18.1 Å². The summed E-state index contributed by atoms with van der Waals surface area (Å²) < 4.78 is 28.4. The molecule has 0 aliphatic heterocycles. The van der Waals surface area contributed by atoms with Crippen LogP contribution in [0.15, 0.2) is 24.3 Å². The molecule has 0 unspecified atom stereocenters. The summed E-state index contributed by atoms with van der Waals surface area (Å²) in [6.45, 7) is 2.02. The molecule has 0 atom stereocenters. The van der Waals surface area contributed by atoms with Crippen LogP contribution in [-0.2, 0) is 16.3 Å². The monoisotopic (exact) mass is 301 g/mol. The molecule has 0 saturated heterocycles. The Morgan fingerprint density at radius 2 is 1.89 bits per heavy atom. The number of thiocarbonyl (C=S) groups is 1. The van der Waals surface area contributed by atoms with Gasteiger partial charge < -0.3 is 10.5 Å². The summed E-state index contributed by atoms with van der Waals surface area (Å²) in [5.74, 6) is 0.914. The molecule has 0 aliphatic rings. The Bertz CT molecular complexity index is 509. The molecular formula is C13H19NO3S2. The van der Waals surface area contributed by atoms with Gasteiger partial charge in [-0.3, -0.25) is 0 Å². The van der Waals surface area contributed by atoms with Crippen molar-refractivity contribution in [1.82, 2.24) is 0 Å². The molecule has 0 aliphatic carbocycles. The fourth-order valence-electron chi connectivity index (χ4n) is 1.60. The van der Waals surface area contributed by atoms with Gasteiger partial charge in [0, 0.05) is 6.42 Å². The normalized spacial score (nSPS) is 11.2. The largest absolute Gasteiger partial charge is 0.493 e. The van der Waals surface area contributed by atoms with E-state index in [4.69, 9.17) is 22.7 Å². The number of hydrogen-bond acceptors (Lipinski definition) is 4. The first-order valence-corrected chi connectivity index (χ1v) is 8.36. The zero-order valence-corrected chi connectivity index (χ0v) is 12.6. The van der Waals surface area contributed by atoms with E-state index >= 15 is 0 Å². The van der Waals surface area contributed by atoms with Crippen molar-refractivity contribution in [3.8, 4) is 5.75 Å². The lowest BCUT2D eigenvalue weighted by atomic mass is 10.1. The van der Waals surface area contributed by atoms with E-state index in [2.05, 4.69) is 0 Å². The first-order chi connectivity index (χ1) is 8.93. The molecule has 1 aromatic rings. The molecule has 0 amide bonds. The summed E-state index contributed by atoms with van der Waals surface area (Å²) in [5, 5.41) is 0. The van der Waals surface area contributed by atoms with Crippen molar-refractivity contribution in [3.63, 3.8) is 0 Å². The molecule has 2 N–H and O–H groups in total. The van der Waals surface area contributed by atoms with Gasteiger partial charge in [0.2, 0.25) is 0 Å². The smallest absolute Gasteiger partial charge is 0.153 e. The number of ether oxygens (including phenoxy) is 1. The van der Waals surface area contributed by atoms with Crippen molar-refractivity contribution in [2.45, 2.75) is 19.8 Å². The first kappa shape index (κ1) is 15.9. The van der Waals surface area contributed by atoms with Crippen LogP contribution in [0, 0.1) is 0 Å². The van der Waals surface area contributed by atoms with Crippen molar-refractivity contribution in [2.24, 2.45) is 5.73 Å². The number of benzene rings is 1. The van der Waals surface area contributed by atoms with Crippen LogP contribution in [0.4, 0.5) is 0 Å². The Morgan fingerprint density at radius 3 is 2.42 bits per heavy atom. The molecule has 6 heteroatoms. The molecule has 0 heterocycles. The van der Waals surface area contributed by atoms with Gasteiger partial charge in [0.1, 0.15) is 12.4 Å². The van der Waals surface area contributed by atoms with E-state index in [1.165, 1.54) is 0 Å². The predicted molar refractivity (Wildman–Crippen MR) is 81.4 cm³/mol. The van der Waals surface area contributed by atoms with Crippen LogP contribution < -0.4 is 10.5 Å².